The maximum atomic E-state index is 13.1. The number of nitrogens with zero attached hydrogens (tertiary/aromatic N) is 5. The van der Waals surface area contributed by atoms with Gasteiger partial charge in [0.2, 0.25) is 5.88 Å². The lowest BCUT2D eigenvalue weighted by atomic mass is 9.95. The van der Waals surface area contributed by atoms with E-state index in [2.05, 4.69) is 20.3 Å². The van der Waals surface area contributed by atoms with E-state index >= 15 is 0 Å². The van der Waals surface area contributed by atoms with E-state index in [1.54, 1.807) is 17.7 Å². The van der Waals surface area contributed by atoms with Gasteiger partial charge < -0.3 is 14.6 Å². The summed E-state index contributed by atoms with van der Waals surface area (Å²) in [5, 5.41) is 14.0. The molecule has 28 heavy (non-hydrogen) atoms. The summed E-state index contributed by atoms with van der Waals surface area (Å²) in [4.78, 5) is 18.1. The molecule has 0 atom stereocenters. The van der Waals surface area contributed by atoms with Crippen LogP contribution in [0.15, 0.2) is 42.6 Å². The van der Waals surface area contributed by atoms with Crippen molar-refractivity contribution in [3.8, 4) is 5.88 Å². The van der Waals surface area contributed by atoms with Crippen LogP contribution < -0.4 is 4.74 Å². The number of aromatic amines is 1. The molecule has 1 aliphatic heterocycles. The van der Waals surface area contributed by atoms with Gasteiger partial charge >= 0.3 is 0 Å². The molecule has 0 bridgehead atoms. The summed E-state index contributed by atoms with van der Waals surface area (Å²) in [5.41, 5.74) is 2.43. The van der Waals surface area contributed by atoms with Crippen molar-refractivity contribution in [1.82, 2.24) is 29.7 Å². The van der Waals surface area contributed by atoms with E-state index in [0.717, 1.165) is 35.1 Å². The molecule has 0 spiro atoms. The summed E-state index contributed by atoms with van der Waals surface area (Å²) in [6.07, 6.45) is 3.52. The number of hydrogen-bond acceptors (Lipinski definition) is 5. The van der Waals surface area contributed by atoms with Crippen molar-refractivity contribution in [2.75, 3.05) is 20.2 Å². The summed E-state index contributed by atoms with van der Waals surface area (Å²) >= 11 is 0. The molecule has 1 aliphatic rings. The highest BCUT2D eigenvalue weighted by atomic mass is 16.5. The van der Waals surface area contributed by atoms with Gasteiger partial charge in [-0.05, 0) is 37.1 Å². The number of fused-ring (bicyclic) bond motifs is 2. The lowest BCUT2D eigenvalue weighted by Crippen LogP contribution is -2.38. The van der Waals surface area contributed by atoms with Crippen LogP contribution in [0.3, 0.4) is 0 Å². The van der Waals surface area contributed by atoms with Gasteiger partial charge in [0.05, 0.1) is 7.11 Å². The van der Waals surface area contributed by atoms with Crippen LogP contribution in [0.1, 0.15) is 34.9 Å². The van der Waals surface area contributed by atoms with E-state index in [-0.39, 0.29) is 11.8 Å². The van der Waals surface area contributed by atoms with E-state index in [4.69, 9.17) is 4.74 Å². The molecule has 1 fully saturated rings. The van der Waals surface area contributed by atoms with Crippen molar-refractivity contribution in [3.63, 3.8) is 0 Å². The smallest absolute Gasteiger partial charge is 0.254 e. The number of methoxy groups -OCH3 is 1. The largest absolute Gasteiger partial charge is 0.480 e. The third kappa shape index (κ3) is 2.69. The number of carbonyl (C=O) groups is 1. The van der Waals surface area contributed by atoms with Crippen LogP contribution in [-0.2, 0) is 0 Å². The second-order valence-electron chi connectivity index (χ2n) is 7.01. The van der Waals surface area contributed by atoms with Crippen molar-refractivity contribution in [2.45, 2.75) is 18.8 Å². The normalized spacial score (nSPS) is 15.4. The predicted molar refractivity (Wildman–Crippen MR) is 104 cm³/mol. The number of piperidine rings is 1. The monoisotopic (exact) mass is 376 g/mol. The first-order valence-electron chi connectivity index (χ1n) is 9.36. The zero-order chi connectivity index (χ0) is 19.1. The van der Waals surface area contributed by atoms with Crippen LogP contribution in [0, 0.1) is 0 Å². The number of aromatic nitrogens is 5. The minimum Gasteiger partial charge on any atom is -0.480 e. The average Bonchev–Trinajstić information content (AvgIpc) is 3.39. The topological polar surface area (TPSA) is 88.4 Å². The summed E-state index contributed by atoms with van der Waals surface area (Å²) in [6, 6.07) is 11.4. The molecule has 1 aromatic carbocycles. The first-order valence-corrected chi connectivity index (χ1v) is 9.36. The number of hydrogen-bond donors (Lipinski definition) is 1. The molecule has 0 saturated carbocycles. The zero-order valence-electron chi connectivity index (χ0n) is 15.5. The molecule has 3 aromatic heterocycles. The van der Waals surface area contributed by atoms with Crippen molar-refractivity contribution >= 4 is 22.5 Å². The van der Waals surface area contributed by atoms with Crippen LogP contribution in [0.25, 0.3) is 16.6 Å². The van der Waals surface area contributed by atoms with E-state index in [9.17, 15) is 4.79 Å². The highest BCUT2D eigenvalue weighted by Crippen LogP contribution is 2.29. The van der Waals surface area contributed by atoms with Crippen LogP contribution in [0.4, 0.5) is 0 Å². The molecular formula is C20H20N6O2. The van der Waals surface area contributed by atoms with Crippen LogP contribution in [-0.4, -0.2) is 55.8 Å². The minimum absolute atomic E-state index is 0.0783. The predicted octanol–water partition coefficient (Wildman–Crippen LogP) is 2.63. The van der Waals surface area contributed by atoms with E-state index in [1.165, 1.54) is 0 Å². The van der Waals surface area contributed by atoms with E-state index < -0.39 is 0 Å². The van der Waals surface area contributed by atoms with Gasteiger partial charge in [0.25, 0.3) is 5.91 Å². The first kappa shape index (κ1) is 16.7. The third-order valence-corrected chi connectivity index (χ3v) is 5.44. The molecule has 0 aliphatic carbocycles. The zero-order valence-corrected chi connectivity index (χ0v) is 15.5. The quantitative estimate of drug-likeness (QED) is 0.594. The molecular weight excluding hydrogens is 356 g/mol. The van der Waals surface area contributed by atoms with E-state index in [1.807, 2.05) is 41.4 Å². The lowest BCUT2D eigenvalue weighted by molar-refractivity contribution is 0.0712. The fraction of sp³-hybridized carbons (Fsp3) is 0.300. The average molecular weight is 376 g/mol. The second kappa shape index (κ2) is 6.63. The van der Waals surface area contributed by atoms with Gasteiger partial charge in [-0.15, -0.1) is 15.3 Å². The molecule has 4 aromatic rings. The van der Waals surface area contributed by atoms with Crippen molar-refractivity contribution in [2.24, 2.45) is 0 Å². The van der Waals surface area contributed by atoms with Crippen molar-refractivity contribution in [3.05, 3.63) is 54.0 Å². The summed E-state index contributed by atoms with van der Waals surface area (Å²) in [6.45, 7) is 1.37. The Balaban J connectivity index is 1.35. The molecule has 8 heteroatoms. The van der Waals surface area contributed by atoms with Crippen LogP contribution >= 0.6 is 0 Å². The molecule has 8 nitrogen and oxygen atoms in total. The molecule has 5 rings (SSSR count). The number of benzene rings is 1. The third-order valence-electron chi connectivity index (χ3n) is 5.44. The Hall–Kier alpha value is -3.42. The number of nitrogens with one attached hydrogen (secondary N) is 1. The van der Waals surface area contributed by atoms with Gasteiger partial charge in [0.15, 0.2) is 11.5 Å². The molecule has 1 saturated heterocycles. The Kier molecular flexibility index (Phi) is 3.96. The van der Waals surface area contributed by atoms with Gasteiger partial charge in [-0.1, -0.05) is 6.07 Å². The molecule has 0 unspecified atom stereocenters. The van der Waals surface area contributed by atoms with Gasteiger partial charge in [-0.3, -0.25) is 4.79 Å². The minimum atomic E-state index is 0.0783. The van der Waals surface area contributed by atoms with E-state index in [0.29, 0.717) is 24.6 Å². The molecule has 0 radical (unpaired) electrons. The Morgan fingerprint density at radius 3 is 2.82 bits per heavy atom. The Morgan fingerprint density at radius 2 is 2.00 bits per heavy atom. The maximum absolute atomic E-state index is 13.1. The number of H-pyrrole nitrogens is 1. The van der Waals surface area contributed by atoms with Crippen molar-refractivity contribution in [1.29, 1.82) is 0 Å². The number of ether oxygens (including phenoxy) is 1. The number of amides is 1. The van der Waals surface area contributed by atoms with Crippen LogP contribution in [0.5, 0.6) is 5.88 Å². The Bertz CT molecular complexity index is 1160. The Morgan fingerprint density at radius 1 is 1.14 bits per heavy atom. The standard InChI is InChI=1S/C20H20N6O2/c1-28-18-6-5-17-22-23-19(26(17)24-18)13-8-11-25(12-9-13)20(27)15-3-2-4-16-14(15)7-10-21-16/h2-7,10,13,21H,8-9,11-12H2,1H3. The fourth-order valence-electron chi connectivity index (χ4n) is 3.94. The van der Waals surface area contributed by atoms with Gasteiger partial charge in [0.1, 0.15) is 0 Å². The Labute approximate surface area is 161 Å². The molecule has 1 amide bonds. The van der Waals surface area contributed by atoms with Crippen molar-refractivity contribution < 1.29 is 9.53 Å². The number of carbonyl (C=O) groups excluding carboxylic acids is 1. The highest BCUT2D eigenvalue weighted by Gasteiger charge is 2.28. The van der Waals surface area contributed by atoms with Gasteiger partial charge in [-0.25, -0.2) is 0 Å². The summed E-state index contributed by atoms with van der Waals surface area (Å²) in [7, 11) is 1.59. The fourth-order valence-corrected chi connectivity index (χ4v) is 3.94. The molecule has 4 heterocycles. The summed E-state index contributed by atoms with van der Waals surface area (Å²) in [5.74, 6) is 1.64. The first-order chi connectivity index (χ1) is 13.7. The van der Waals surface area contributed by atoms with Gasteiger partial charge in [-0.2, -0.15) is 4.52 Å². The molecule has 1 N–H and O–H groups in total. The maximum Gasteiger partial charge on any atom is 0.254 e. The number of likely N-dealkylation sites (tertiary alicyclic amines) is 1. The highest BCUT2D eigenvalue weighted by molar-refractivity contribution is 6.06. The number of rotatable bonds is 3. The van der Waals surface area contributed by atoms with Crippen LogP contribution in [0.2, 0.25) is 0 Å². The second-order valence-corrected chi connectivity index (χ2v) is 7.01. The summed E-state index contributed by atoms with van der Waals surface area (Å²) < 4.78 is 6.97. The lowest BCUT2D eigenvalue weighted by Gasteiger charge is -2.31. The van der Waals surface area contributed by atoms with Gasteiger partial charge in [0, 0.05) is 47.7 Å². The SMILES string of the molecule is COc1ccc2nnc(C3CCN(C(=O)c4cccc5[nH]ccc45)CC3)n2n1. The molecule has 142 valence electrons.